The van der Waals surface area contributed by atoms with Gasteiger partial charge in [-0.15, -0.1) is 0 Å². The number of ether oxygens (including phenoxy) is 2. The van der Waals surface area contributed by atoms with Crippen molar-refractivity contribution in [3.8, 4) is 22.5 Å². The number of aromatic carboxylic acids is 1. The van der Waals surface area contributed by atoms with E-state index >= 15 is 0 Å². The number of hydrogen-bond acceptors (Lipinski definition) is 12. The smallest absolute Gasteiger partial charge is 0.335 e. The molecule has 2 aliphatic heterocycles. The Bertz CT molecular complexity index is 3320. The Morgan fingerprint density at radius 2 is 1.03 bits per heavy atom. The SMILES string of the molecule is O=C(CCCS(=O)(=O)O)c1ccc(N2C(=O)[C@@H]3C[C@H]2C[C@H]3OCc2c(-c3c(Cl)cccc3Cl)noc2C2CC2)cc1.O=C(O)c1ccc(N2C(=O)[C@@H]3C[C@H]2C[C@H]3OCc2c(-c3c(Cl)cccc3Cl)noc2C2CC2)cc1. The van der Waals surface area contributed by atoms with Gasteiger partial charge in [-0.25, -0.2) is 4.79 Å². The second-order valence-corrected chi connectivity index (χ2v) is 23.5. The number of carboxylic acids is 1. The summed E-state index contributed by atoms with van der Waals surface area (Å²) in [5.41, 5.74) is 6.13. The van der Waals surface area contributed by atoms with Gasteiger partial charge in [0.25, 0.3) is 10.1 Å². The maximum atomic E-state index is 13.4. The minimum Gasteiger partial charge on any atom is -0.478 e. The zero-order chi connectivity index (χ0) is 53.2. The van der Waals surface area contributed by atoms with Gasteiger partial charge in [0.2, 0.25) is 11.8 Å². The van der Waals surface area contributed by atoms with Crippen LogP contribution in [0.5, 0.6) is 0 Å². The van der Waals surface area contributed by atoms with Gasteiger partial charge in [-0.05, 0) is 131 Å². The van der Waals surface area contributed by atoms with Crippen LogP contribution in [-0.2, 0) is 42.4 Å². The molecule has 0 radical (unpaired) electrons. The normalized spacial score (nSPS) is 22.6. The molecule has 4 heterocycles. The minimum atomic E-state index is -4.10. The van der Waals surface area contributed by atoms with E-state index in [1.807, 2.05) is 0 Å². The molecule has 2 N–H and O–H groups in total. The largest absolute Gasteiger partial charge is 0.478 e. The summed E-state index contributed by atoms with van der Waals surface area (Å²) in [7, 11) is -4.10. The van der Waals surface area contributed by atoms with Crippen LogP contribution < -0.4 is 9.80 Å². The fourth-order valence-corrected chi connectivity index (χ4v) is 12.9. The van der Waals surface area contributed by atoms with E-state index in [2.05, 4.69) is 10.3 Å². The number of aromatic nitrogens is 2. The van der Waals surface area contributed by atoms with Crippen LogP contribution in [0.2, 0.25) is 20.1 Å². The molecule has 4 aliphatic carbocycles. The summed E-state index contributed by atoms with van der Waals surface area (Å²) in [6.07, 6.45) is 6.51. The third-order valence-corrected chi connectivity index (χ3v) is 17.3. The van der Waals surface area contributed by atoms with Crippen molar-refractivity contribution in [3.05, 3.63) is 139 Å². The summed E-state index contributed by atoms with van der Waals surface area (Å²) in [6, 6.07) is 23.8. The third kappa shape index (κ3) is 10.6. The first-order chi connectivity index (χ1) is 36.5. The summed E-state index contributed by atoms with van der Waals surface area (Å²) >= 11 is 25.8. The van der Waals surface area contributed by atoms with E-state index in [0.29, 0.717) is 91.4 Å². The van der Waals surface area contributed by atoms with Gasteiger partial charge in [0.05, 0.1) is 68.7 Å². The number of carbonyl (C=O) groups is 4. The monoisotopic (exact) mass is 1130 g/mol. The van der Waals surface area contributed by atoms with Gasteiger partial charge < -0.3 is 33.4 Å². The van der Waals surface area contributed by atoms with Gasteiger partial charge in [0.15, 0.2) is 5.78 Å². The van der Waals surface area contributed by atoms with Crippen molar-refractivity contribution in [2.75, 3.05) is 15.6 Å². The van der Waals surface area contributed by atoms with Crippen molar-refractivity contribution < 1.29 is 55.8 Å². The van der Waals surface area contributed by atoms with Crippen molar-refractivity contribution in [3.63, 3.8) is 0 Å². The second-order valence-electron chi connectivity index (χ2n) is 20.3. The Kier molecular flexibility index (Phi) is 14.7. The Labute approximate surface area is 457 Å². The molecule has 4 bridgehead atoms. The van der Waals surface area contributed by atoms with Crippen molar-refractivity contribution in [2.24, 2.45) is 11.8 Å². The van der Waals surface area contributed by atoms with Crippen LogP contribution >= 0.6 is 46.4 Å². The van der Waals surface area contributed by atoms with E-state index in [4.69, 9.17) is 74.6 Å². The maximum Gasteiger partial charge on any atom is 0.335 e. The number of Topliss-reactive ketones (excluding diaryl/α,β-unsaturated/α-hetero) is 1. The molecule has 4 aromatic carbocycles. The van der Waals surface area contributed by atoms with E-state index in [9.17, 15) is 27.6 Å². The average molecular weight is 1130 g/mol. The number of ketones is 1. The highest BCUT2D eigenvalue weighted by atomic mass is 35.5. The van der Waals surface area contributed by atoms with Crippen molar-refractivity contribution in [2.45, 2.75) is 114 Å². The molecule has 21 heteroatoms. The molecule has 2 amide bonds. The molecule has 76 heavy (non-hydrogen) atoms. The topological polar surface area (TPSA) is 220 Å². The van der Waals surface area contributed by atoms with Gasteiger partial charge in [-0.2, -0.15) is 8.42 Å². The van der Waals surface area contributed by atoms with Gasteiger partial charge in [-0.1, -0.05) is 68.8 Å². The van der Waals surface area contributed by atoms with Crippen LogP contribution in [0.4, 0.5) is 11.4 Å². The molecule has 396 valence electrons. The number of rotatable bonds is 18. The Morgan fingerprint density at radius 3 is 1.39 bits per heavy atom. The summed E-state index contributed by atoms with van der Waals surface area (Å²) in [4.78, 5) is 53.7. The number of carboxylic acid groups (broad SMARTS) is 1. The fraction of sp³-hybridized carbons (Fsp3) is 0.382. The second kappa shape index (κ2) is 21.3. The zero-order valence-corrected chi connectivity index (χ0v) is 44.4. The van der Waals surface area contributed by atoms with Crippen LogP contribution in [0.15, 0.2) is 94.0 Å². The molecule has 16 nitrogen and oxygen atoms in total. The molecule has 0 spiro atoms. The molecule has 12 rings (SSSR count). The van der Waals surface area contributed by atoms with E-state index in [0.717, 1.165) is 54.0 Å². The van der Waals surface area contributed by atoms with Crippen LogP contribution in [0.25, 0.3) is 22.5 Å². The lowest BCUT2D eigenvalue weighted by atomic mass is 10.0. The third-order valence-electron chi connectivity index (χ3n) is 15.3. The van der Waals surface area contributed by atoms with E-state index in [-0.39, 0.29) is 85.3 Å². The van der Waals surface area contributed by atoms with Gasteiger partial charge in [-0.3, -0.25) is 18.9 Å². The molecular formula is C55H50Cl4N4O12S. The molecule has 2 aromatic heterocycles. The van der Waals surface area contributed by atoms with Crippen LogP contribution in [0.1, 0.15) is 119 Å². The summed E-state index contributed by atoms with van der Waals surface area (Å²) in [6.45, 7) is 0.502. The average Bonchev–Trinajstić information content (AvgIpc) is 4.14. The number of amides is 2. The van der Waals surface area contributed by atoms with Crippen LogP contribution in [-0.4, -0.2) is 82.0 Å². The fourth-order valence-electron chi connectivity index (χ4n) is 11.3. The predicted molar refractivity (Wildman–Crippen MR) is 283 cm³/mol. The zero-order valence-electron chi connectivity index (χ0n) is 40.6. The number of fused-ring (bicyclic) bond motifs is 4. The maximum absolute atomic E-state index is 13.4. The molecular weight excluding hydrogens is 1080 g/mol. The van der Waals surface area contributed by atoms with Crippen LogP contribution in [0.3, 0.4) is 0 Å². The number of hydrogen-bond donors (Lipinski definition) is 2. The quantitative estimate of drug-likeness (QED) is 0.0604. The van der Waals surface area contributed by atoms with E-state index in [1.165, 1.54) is 12.1 Å². The van der Waals surface area contributed by atoms with E-state index < -0.39 is 21.8 Å². The summed E-state index contributed by atoms with van der Waals surface area (Å²) in [5.74, 6) is 0.0273. The predicted octanol–water partition coefficient (Wildman–Crippen LogP) is 12.0. The molecule has 6 atom stereocenters. The molecule has 6 fully saturated rings. The van der Waals surface area contributed by atoms with Crippen molar-refractivity contribution in [1.29, 1.82) is 0 Å². The van der Waals surface area contributed by atoms with Crippen molar-refractivity contribution >= 4 is 91.5 Å². The molecule has 6 aliphatic rings. The first-order valence-electron chi connectivity index (χ1n) is 25.2. The summed E-state index contributed by atoms with van der Waals surface area (Å²) < 4.78 is 54.8. The first kappa shape index (κ1) is 52.4. The lowest BCUT2D eigenvalue weighted by molar-refractivity contribution is -0.127. The lowest BCUT2D eigenvalue weighted by Gasteiger charge is -2.31. The number of halogens is 4. The Balaban J connectivity index is 0.000000164. The minimum absolute atomic E-state index is 0.00450. The number of piperidine rings is 2. The van der Waals surface area contributed by atoms with Gasteiger partial charge >= 0.3 is 5.97 Å². The Hall–Kier alpha value is -5.63. The highest BCUT2D eigenvalue weighted by Gasteiger charge is 2.53. The van der Waals surface area contributed by atoms with Crippen LogP contribution in [0, 0.1) is 11.8 Å². The molecule has 4 saturated carbocycles. The highest BCUT2D eigenvalue weighted by molar-refractivity contribution is 7.85. The first-order valence-corrected chi connectivity index (χ1v) is 28.3. The van der Waals surface area contributed by atoms with E-state index in [1.54, 1.807) is 82.6 Å². The van der Waals surface area contributed by atoms with Gasteiger partial charge in [0, 0.05) is 69.5 Å². The summed E-state index contributed by atoms with van der Waals surface area (Å²) in [5, 5.41) is 19.7. The number of carbonyl (C=O) groups excluding carboxylic acids is 3. The lowest BCUT2D eigenvalue weighted by Crippen LogP contribution is -2.43. The molecule has 6 aromatic rings. The molecule has 2 saturated heterocycles. The number of anilines is 2. The number of benzene rings is 4. The number of nitrogens with zero attached hydrogens (tertiary/aromatic N) is 4. The van der Waals surface area contributed by atoms with Gasteiger partial charge in [0.1, 0.15) is 22.9 Å². The molecule has 0 unspecified atom stereocenters. The standard InChI is InChI=1S/C29H28Cl2N2O7S.C26H22Cl2N2O5/c30-22-3-1-4-23(31)26(22)27-21(28(40-32-27)17-6-7-17)15-39-25-14-19-13-20(25)29(35)33(19)18-10-8-16(9-11-18)24(34)5-2-12-41(36,37)38;27-19-2-1-3-20(28)22(19)23-18(24(35-29-23)13-4-5-13)12-34-21-11-16-10-17(21)25(31)30(16)15-8-6-14(7-9-15)26(32)33/h1,3-4,8-11,17,19-20,25H,2,5-7,12-15H2,(H,36,37,38);1-3,6-9,13,16-17,21H,4-5,10-12H2,(H,32,33)/t19-,20+,25+;16-,17+,21+/m00/s1. The Morgan fingerprint density at radius 1 is 0.618 bits per heavy atom. The highest BCUT2D eigenvalue weighted by Crippen LogP contribution is 2.50. The van der Waals surface area contributed by atoms with Crippen molar-refractivity contribution in [1.82, 2.24) is 10.3 Å².